The smallest absolute Gasteiger partial charge is 0.253 e. The van der Waals surface area contributed by atoms with E-state index >= 15 is 4.39 Å². The minimum Gasteiger partial charge on any atom is -0.496 e. The van der Waals surface area contributed by atoms with Gasteiger partial charge in [0.05, 0.1) is 7.11 Å². The predicted octanol–water partition coefficient (Wildman–Crippen LogP) is 4.88. The molecule has 0 radical (unpaired) electrons. The fourth-order valence-corrected chi connectivity index (χ4v) is 7.52. The number of nitrogens with one attached hydrogen (secondary N) is 2. The van der Waals surface area contributed by atoms with Crippen molar-refractivity contribution in [2.24, 2.45) is 7.05 Å². The number of hydrogen-bond donors (Lipinski definition) is 2. The van der Waals surface area contributed by atoms with Gasteiger partial charge in [0.1, 0.15) is 17.6 Å². The van der Waals surface area contributed by atoms with Gasteiger partial charge >= 0.3 is 0 Å². The first kappa shape index (κ1) is 32.9. The molecule has 3 aliphatic heterocycles. The van der Waals surface area contributed by atoms with Crippen molar-refractivity contribution >= 4 is 17.5 Å². The Hall–Kier alpha value is -4.02. The lowest BCUT2D eigenvalue weighted by Gasteiger charge is -2.42. The number of hydrogen-bond acceptors (Lipinski definition) is 7. The molecule has 9 nitrogen and oxygen atoms in total. The van der Waals surface area contributed by atoms with Crippen molar-refractivity contribution in [2.45, 2.75) is 76.9 Å². The molecule has 2 N–H and O–H groups in total. The van der Waals surface area contributed by atoms with Gasteiger partial charge in [0.2, 0.25) is 11.8 Å². The maximum atomic E-state index is 15.6. The summed E-state index contributed by atoms with van der Waals surface area (Å²) in [7, 11) is 3.31. The Kier molecular flexibility index (Phi) is 9.80. The number of ether oxygens (including phenoxy) is 1. The molecule has 4 heterocycles. The number of anilines is 1. The summed E-state index contributed by atoms with van der Waals surface area (Å²) in [6.45, 7) is 8.17. The Bertz CT molecular complexity index is 1690. The fraction of sp³-hybridized carbons (Fsp3) is 0.486. The van der Waals surface area contributed by atoms with Crippen molar-refractivity contribution in [1.29, 1.82) is 0 Å². The molecule has 1 aromatic heterocycles. The highest BCUT2D eigenvalue weighted by Gasteiger charge is 2.30. The maximum absolute atomic E-state index is 15.6. The molecule has 3 fully saturated rings. The molecule has 3 saturated heterocycles. The summed E-state index contributed by atoms with van der Waals surface area (Å²) in [6.07, 6.45) is 6.99. The van der Waals surface area contributed by atoms with Crippen LogP contribution in [0.2, 0.25) is 0 Å². The number of imide groups is 1. The molecule has 1 unspecified atom stereocenters. The monoisotopic (exact) mass is 643 g/mol. The van der Waals surface area contributed by atoms with E-state index in [9.17, 15) is 14.4 Å². The van der Waals surface area contributed by atoms with E-state index in [1.54, 1.807) is 37.9 Å². The third-order valence-electron chi connectivity index (χ3n) is 10.6. The predicted molar refractivity (Wildman–Crippen MR) is 181 cm³/mol. The van der Waals surface area contributed by atoms with Crippen molar-refractivity contribution in [2.75, 3.05) is 38.6 Å². The maximum Gasteiger partial charge on any atom is 0.253 e. The lowest BCUT2D eigenvalue weighted by molar-refractivity contribution is -0.133. The number of likely N-dealkylation sites (tertiary alicyclic amines) is 2. The van der Waals surface area contributed by atoms with E-state index in [1.165, 1.54) is 5.56 Å². The second kappa shape index (κ2) is 14.0. The number of pyridine rings is 1. The van der Waals surface area contributed by atoms with E-state index in [0.29, 0.717) is 53.8 Å². The first-order chi connectivity index (χ1) is 22.6. The van der Waals surface area contributed by atoms with Crippen LogP contribution in [-0.4, -0.2) is 71.6 Å². The van der Waals surface area contributed by atoms with Gasteiger partial charge in [0, 0.05) is 54.6 Å². The Morgan fingerprint density at radius 3 is 2.30 bits per heavy atom. The Morgan fingerprint density at radius 2 is 1.64 bits per heavy atom. The number of aromatic nitrogens is 1. The number of amides is 2. The first-order valence-corrected chi connectivity index (χ1v) is 16.8. The van der Waals surface area contributed by atoms with Gasteiger partial charge < -0.3 is 19.5 Å². The quantitative estimate of drug-likeness (QED) is 0.338. The summed E-state index contributed by atoms with van der Waals surface area (Å²) >= 11 is 0. The summed E-state index contributed by atoms with van der Waals surface area (Å²) in [4.78, 5) is 40.8. The van der Waals surface area contributed by atoms with Crippen molar-refractivity contribution < 1.29 is 18.7 Å². The Labute approximate surface area is 276 Å². The Morgan fingerprint density at radius 1 is 0.936 bits per heavy atom. The van der Waals surface area contributed by atoms with Crippen molar-refractivity contribution in [3.8, 4) is 16.9 Å². The van der Waals surface area contributed by atoms with Gasteiger partial charge in [-0.3, -0.25) is 24.6 Å². The van der Waals surface area contributed by atoms with Gasteiger partial charge in [0.25, 0.3) is 5.56 Å². The number of methoxy groups -OCH3 is 1. The summed E-state index contributed by atoms with van der Waals surface area (Å²) in [6, 6.07) is 12.0. The van der Waals surface area contributed by atoms with Crippen LogP contribution < -0.4 is 20.9 Å². The van der Waals surface area contributed by atoms with Crippen LogP contribution in [0.3, 0.4) is 0 Å². The summed E-state index contributed by atoms with van der Waals surface area (Å²) in [5.74, 6) is 0.310. The van der Waals surface area contributed by atoms with Crippen LogP contribution in [0.15, 0.2) is 47.4 Å². The lowest BCUT2D eigenvalue weighted by Crippen LogP contribution is -2.47. The van der Waals surface area contributed by atoms with Crippen molar-refractivity contribution in [3.05, 3.63) is 81.0 Å². The normalized spacial score (nSPS) is 20.3. The van der Waals surface area contributed by atoms with Crippen LogP contribution in [0.25, 0.3) is 11.1 Å². The number of rotatable bonds is 8. The minimum absolute atomic E-state index is 0.0454. The largest absolute Gasteiger partial charge is 0.496 e. The van der Waals surface area contributed by atoms with Crippen molar-refractivity contribution in [1.82, 2.24) is 19.7 Å². The number of carbonyl (C=O) groups is 2. The molecule has 2 amide bonds. The van der Waals surface area contributed by atoms with Gasteiger partial charge in [-0.05, 0) is 119 Å². The van der Waals surface area contributed by atoms with Gasteiger partial charge in [0.15, 0.2) is 0 Å². The highest BCUT2D eigenvalue weighted by Crippen LogP contribution is 2.35. The zero-order valence-corrected chi connectivity index (χ0v) is 27.9. The average Bonchev–Trinajstić information content (AvgIpc) is 3.08. The lowest BCUT2D eigenvalue weighted by atomic mass is 9.88. The highest BCUT2D eigenvalue weighted by molar-refractivity contribution is 6.01. The number of halogens is 1. The van der Waals surface area contributed by atoms with E-state index in [1.807, 2.05) is 25.1 Å². The van der Waals surface area contributed by atoms with Crippen LogP contribution in [0, 0.1) is 19.7 Å². The molecule has 0 bridgehead atoms. The van der Waals surface area contributed by atoms with E-state index in [-0.39, 0.29) is 29.2 Å². The molecular weight excluding hydrogens is 597 g/mol. The van der Waals surface area contributed by atoms with Crippen molar-refractivity contribution in [3.63, 3.8) is 0 Å². The molecule has 2 aromatic carbocycles. The minimum atomic E-state index is -0.373. The zero-order chi connectivity index (χ0) is 33.2. The molecule has 250 valence electrons. The SMILES string of the molecule is COc1cc(-c2cn(C)c(=O)c(C)c2C)cc(F)c1CN1CCC(N2CCC(c3ccc(NC4CCC(=O)NC4=O)cc3)CC2)CC1. The Balaban J connectivity index is 1.00. The number of aryl methyl sites for hydroxylation is 1. The van der Waals surface area contributed by atoms with Crippen LogP contribution >= 0.6 is 0 Å². The van der Waals surface area contributed by atoms with Gasteiger partial charge in [-0.15, -0.1) is 0 Å². The molecule has 3 aliphatic rings. The highest BCUT2D eigenvalue weighted by atomic mass is 19.1. The number of nitrogens with zero attached hydrogens (tertiary/aromatic N) is 3. The molecule has 0 aliphatic carbocycles. The molecule has 3 aromatic rings. The van der Waals surface area contributed by atoms with Crippen LogP contribution in [0.5, 0.6) is 5.75 Å². The topological polar surface area (TPSA) is 95.9 Å². The standard InChI is InChI=1S/C37H46FN5O4/c1-23-24(2)37(46)41(3)21-30(23)27-19-32(38)31(34(20-27)47-4)22-42-15-13-29(14-16-42)43-17-11-26(12-18-43)25-5-7-28(8-6-25)39-33-9-10-35(44)40-36(33)45/h5-8,19-21,26,29,33,39H,9-18,22H2,1-4H3,(H,40,44,45). The van der Waals surface area contributed by atoms with Gasteiger partial charge in [-0.1, -0.05) is 12.1 Å². The second-order valence-corrected chi connectivity index (χ2v) is 13.4. The van der Waals surface area contributed by atoms with Crippen LogP contribution in [-0.2, 0) is 23.2 Å². The van der Waals surface area contributed by atoms with E-state index in [2.05, 4.69) is 32.6 Å². The average molecular weight is 644 g/mol. The third kappa shape index (κ3) is 7.13. The molecule has 0 spiro atoms. The molecular formula is C37H46FN5O4. The van der Waals surface area contributed by atoms with Gasteiger partial charge in [-0.2, -0.15) is 0 Å². The number of carbonyl (C=O) groups excluding carboxylic acids is 2. The van der Waals surface area contributed by atoms with E-state index < -0.39 is 0 Å². The summed E-state index contributed by atoms with van der Waals surface area (Å²) < 4.78 is 22.9. The molecule has 6 rings (SSSR count). The van der Waals surface area contributed by atoms with Gasteiger partial charge in [-0.25, -0.2) is 4.39 Å². The molecule has 10 heteroatoms. The first-order valence-electron chi connectivity index (χ1n) is 16.8. The number of piperidine rings is 3. The summed E-state index contributed by atoms with van der Waals surface area (Å²) in [5.41, 5.74) is 5.82. The number of benzene rings is 2. The molecule has 0 saturated carbocycles. The molecule has 47 heavy (non-hydrogen) atoms. The van der Waals surface area contributed by atoms with Crippen LogP contribution in [0.4, 0.5) is 10.1 Å². The van der Waals surface area contributed by atoms with E-state index in [4.69, 9.17) is 4.74 Å². The zero-order valence-electron chi connectivity index (χ0n) is 27.9. The second-order valence-electron chi connectivity index (χ2n) is 13.4. The fourth-order valence-electron chi connectivity index (χ4n) is 7.52. The summed E-state index contributed by atoms with van der Waals surface area (Å²) in [5, 5.41) is 5.66. The third-order valence-corrected chi connectivity index (χ3v) is 10.6. The molecule has 1 atom stereocenters. The van der Waals surface area contributed by atoms with E-state index in [0.717, 1.165) is 68.7 Å². The van der Waals surface area contributed by atoms with Crippen LogP contribution in [0.1, 0.15) is 66.7 Å².